The molecule has 0 spiro atoms. The van der Waals surface area contributed by atoms with Gasteiger partial charge in [-0.1, -0.05) is 0 Å². The van der Waals surface area contributed by atoms with Crippen molar-refractivity contribution >= 4 is 6.91 Å². The van der Waals surface area contributed by atoms with Gasteiger partial charge in [0.15, 0.2) is 0 Å². The summed E-state index contributed by atoms with van der Waals surface area (Å²) in [4.78, 5) is 0. The summed E-state index contributed by atoms with van der Waals surface area (Å²) >= 11 is 0. The minimum absolute atomic E-state index is 0.868. The van der Waals surface area contributed by atoms with Crippen LogP contribution >= 0.6 is 0 Å². The molecule has 0 unspecified atom stereocenters. The first-order valence-corrected chi connectivity index (χ1v) is 9.02. The third kappa shape index (κ3) is 3.02. The fourth-order valence-electron chi connectivity index (χ4n) is 4.60. The molecule has 2 aliphatic carbocycles. The van der Waals surface area contributed by atoms with Crippen LogP contribution in [0.2, 0.25) is 0 Å². The number of hydrogen-bond acceptors (Lipinski definition) is 0. The van der Waals surface area contributed by atoms with Crippen molar-refractivity contribution in [2.24, 2.45) is 0 Å². The molecule has 1 heterocycles. The van der Waals surface area contributed by atoms with Gasteiger partial charge in [-0.3, -0.25) is 0 Å². The topological polar surface area (TPSA) is 0 Å². The Kier molecular flexibility index (Phi) is 4.97. The minimum atomic E-state index is 0.868. The number of aryl methyl sites for hydroxylation is 1. The molecule has 0 atom stereocenters. The van der Waals surface area contributed by atoms with E-state index in [1.807, 2.05) is 0 Å². The summed E-state index contributed by atoms with van der Waals surface area (Å²) in [7, 11) is 0. The first-order valence-electron chi connectivity index (χ1n) is 9.02. The summed E-state index contributed by atoms with van der Waals surface area (Å²) in [5.41, 5.74) is 5.19. The first-order chi connectivity index (χ1) is 9.90. The van der Waals surface area contributed by atoms with Crippen LogP contribution in [0, 0.1) is 0 Å². The van der Waals surface area contributed by atoms with E-state index in [2.05, 4.69) is 25.9 Å². The van der Waals surface area contributed by atoms with E-state index < -0.39 is 0 Å². The molecule has 0 amide bonds. The van der Waals surface area contributed by atoms with Gasteiger partial charge in [-0.05, 0) is 0 Å². The van der Waals surface area contributed by atoms with E-state index in [-0.39, 0.29) is 0 Å². The Labute approximate surface area is 125 Å². The van der Waals surface area contributed by atoms with E-state index in [0.717, 1.165) is 11.8 Å². The summed E-state index contributed by atoms with van der Waals surface area (Å²) in [6.07, 6.45) is 15.7. The molecule has 1 heteroatoms. The SMILES string of the molecule is CCc1ccbc(C2CCCCC2)c1C1CCCCC1. The quantitative estimate of drug-likeness (QED) is 0.661. The fraction of sp³-hybridized carbons (Fsp3) is 0.737. The molecule has 0 saturated heterocycles. The molecule has 3 rings (SSSR count). The molecule has 2 aliphatic rings. The first kappa shape index (κ1) is 14.4. The van der Waals surface area contributed by atoms with Gasteiger partial charge in [0.1, 0.15) is 0 Å². The van der Waals surface area contributed by atoms with E-state index in [0.29, 0.717) is 0 Å². The van der Waals surface area contributed by atoms with Gasteiger partial charge in [-0.15, -0.1) is 0 Å². The molecule has 2 saturated carbocycles. The zero-order chi connectivity index (χ0) is 13.8. The van der Waals surface area contributed by atoms with Crippen molar-refractivity contribution in [1.29, 1.82) is 0 Å². The number of rotatable bonds is 3. The molecule has 0 aromatic carbocycles. The maximum atomic E-state index is 2.47. The van der Waals surface area contributed by atoms with Crippen LogP contribution in [0.25, 0.3) is 0 Å². The van der Waals surface area contributed by atoms with Crippen molar-refractivity contribution in [3.63, 3.8) is 0 Å². The van der Waals surface area contributed by atoms with Gasteiger partial charge in [-0.25, -0.2) is 0 Å². The summed E-state index contributed by atoms with van der Waals surface area (Å²) in [5, 5.41) is 0. The van der Waals surface area contributed by atoms with Crippen molar-refractivity contribution in [3.05, 3.63) is 28.6 Å². The average molecular weight is 268 g/mol. The zero-order valence-corrected chi connectivity index (χ0v) is 13.2. The normalized spacial score (nSPS) is 21.9. The summed E-state index contributed by atoms with van der Waals surface area (Å²) in [6.45, 7) is 4.81. The van der Waals surface area contributed by atoms with Crippen LogP contribution in [0.4, 0.5) is 0 Å². The molecule has 20 heavy (non-hydrogen) atoms. The predicted octanol–water partition coefficient (Wildman–Crippen LogP) is 5.68. The Balaban J connectivity index is 1.94. The van der Waals surface area contributed by atoms with Crippen LogP contribution in [-0.4, -0.2) is 6.91 Å². The van der Waals surface area contributed by atoms with Gasteiger partial charge in [0.05, 0.1) is 0 Å². The molecule has 0 aliphatic heterocycles. The Bertz CT molecular complexity index is 425. The van der Waals surface area contributed by atoms with Gasteiger partial charge in [-0.2, -0.15) is 0 Å². The maximum absolute atomic E-state index is 2.47. The second-order valence-corrected chi connectivity index (χ2v) is 6.94. The van der Waals surface area contributed by atoms with Crippen LogP contribution in [0.5, 0.6) is 0 Å². The second-order valence-electron chi connectivity index (χ2n) is 6.94. The van der Waals surface area contributed by atoms with Crippen LogP contribution in [0.3, 0.4) is 0 Å². The third-order valence-corrected chi connectivity index (χ3v) is 5.67. The van der Waals surface area contributed by atoms with Gasteiger partial charge in [0, 0.05) is 0 Å². The van der Waals surface area contributed by atoms with Crippen molar-refractivity contribution in [3.8, 4) is 0 Å². The summed E-state index contributed by atoms with van der Waals surface area (Å²) < 4.78 is 0. The van der Waals surface area contributed by atoms with Crippen LogP contribution in [0.15, 0.2) is 12.0 Å². The Morgan fingerprint density at radius 3 is 2.10 bits per heavy atom. The Hall–Kier alpha value is -0.585. The van der Waals surface area contributed by atoms with E-state index in [4.69, 9.17) is 0 Å². The van der Waals surface area contributed by atoms with Crippen molar-refractivity contribution < 1.29 is 0 Å². The zero-order valence-electron chi connectivity index (χ0n) is 13.2. The molecule has 0 radical (unpaired) electrons. The Morgan fingerprint density at radius 2 is 1.50 bits per heavy atom. The van der Waals surface area contributed by atoms with E-state index in [9.17, 15) is 0 Å². The summed E-state index contributed by atoms with van der Waals surface area (Å²) in [6, 6.07) is 2.40. The van der Waals surface area contributed by atoms with Crippen LogP contribution in [-0.2, 0) is 6.42 Å². The van der Waals surface area contributed by atoms with Crippen molar-refractivity contribution in [1.82, 2.24) is 0 Å². The van der Waals surface area contributed by atoms with E-state index in [1.165, 1.54) is 70.6 Å². The van der Waals surface area contributed by atoms with Crippen molar-refractivity contribution in [2.45, 2.75) is 89.4 Å². The molecule has 1 aromatic heterocycles. The Morgan fingerprint density at radius 1 is 0.900 bits per heavy atom. The van der Waals surface area contributed by atoms with Crippen LogP contribution < -0.4 is 0 Å². The molecular weight excluding hydrogens is 239 g/mol. The number of hydrogen-bond donors (Lipinski definition) is 0. The average Bonchev–Trinajstić information content (AvgIpc) is 2.55. The molecule has 1 aromatic rings. The van der Waals surface area contributed by atoms with Gasteiger partial charge < -0.3 is 0 Å². The standard InChI is InChI=1S/C19H29B/c1-2-15-13-14-20-19(17-11-7-4-8-12-17)18(15)16-9-5-3-6-10-16/h13-14,16-17H,2-12H2,1H3. The van der Waals surface area contributed by atoms with Gasteiger partial charge >= 0.3 is 125 Å². The molecule has 2 fully saturated rings. The molecule has 0 bridgehead atoms. The summed E-state index contributed by atoms with van der Waals surface area (Å²) in [5.74, 6) is 4.07. The van der Waals surface area contributed by atoms with E-state index in [1.54, 1.807) is 16.6 Å². The van der Waals surface area contributed by atoms with E-state index >= 15 is 0 Å². The molecule has 0 nitrogen and oxygen atoms in total. The fourth-order valence-corrected chi connectivity index (χ4v) is 4.60. The van der Waals surface area contributed by atoms with Gasteiger partial charge in [0.2, 0.25) is 0 Å². The van der Waals surface area contributed by atoms with Crippen LogP contribution in [0.1, 0.15) is 99.6 Å². The molecule has 0 N–H and O–H groups in total. The monoisotopic (exact) mass is 268 g/mol. The predicted molar refractivity (Wildman–Crippen MR) is 88.8 cm³/mol. The molecular formula is C19H29B. The van der Waals surface area contributed by atoms with Gasteiger partial charge in [0.25, 0.3) is 0 Å². The third-order valence-electron chi connectivity index (χ3n) is 5.67. The molecule has 108 valence electrons. The van der Waals surface area contributed by atoms with Crippen molar-refractivity contribution in [2.75, 3.05) is 0 Å². The second kappa shape index (κ2) is 6.92.